The number of nitrogens with zero attached hydrogens (tertiary/aromatic N) is 1. The number of hydrogen-bond acceptors (Lipinski definition) is 5. The van der Waals surface area contributed by atoms with Gasteiger partial charge in [0.1, 0.15) is 12.4 Å². The third-order valence-electron chi connectivity index (χ3n) is 5.23. The number of halogens is 2. The number of carboxylic acids is 1. The fourth-order valence-electron chi connectivity index (χ4n) is 3.51. The molecule has 9 heteroatoms. The zero-order valence-corrected chi connectivity index (χ0v) is 20.4. The number of carbonyl (C=O) groups excluding carboxylic acids is 1. The maximum Gasteiger partial charge on any atom is 0.331 e. The quantitative estimate of drug-likeness (QED) is 0.371. The molecule has 1 aromatic heterocycles. The lowest BCUT2D eigenvalue weighted by Crippen LogP contribution is -2.12. The molecule has 6 nitrogen and oxygen atoms in total. The van der Waals surface area contributed by atoms with Crippen molar-refractivity contribution in [1.29, 1.82) is 0 Å². The lowest BCUT2D eigenvalue weighted by Gasteiger charge is -2.21. The number of ether oxygens (including phenoxy) is 1. The molecule has 1 aliphatic heterocycles. The van der Waals surface area contributed by atoms with Gasteiger partial charge in [-0.3, -0.25) is 10.1 Å². The summed E-state index contributed by atoms with van der Waals surface area (Å²) in [6, 6.07) is 8.90. The number of para-hydroxylation sites is 1. The Balaban J connectivity index is 1.61. The molecule has 0 radical (unpaired) electrons. The van der Waals surface area contributed by atoms with Gasteiger partial charge in [0.2, 0.25) is 0 Å². The van der Waals surface area contributed by atoms with Crippen LogP contribution in [0.2, 0.25) is 10.0 Å². The van der Waals surface area contributed by atoms with E-state index < -0.39 is 11.9 Å². The summed E-state index contributed by atoms with van der Waals surface area (Å²) in [6.45, 7) is 6.05. The van der Waals surface area contributed by atoms with Crippen LogP contribution in [0.1, 0.15) is 53.1 Å². The van der Waals surface area contributed by atoms with Crippen molar-refractivity contribution in [3.8, 4) is 17.0 Å². The molecule has 0 atom stereocenters. The Labute approximate surface area is 204 Å². The number of anilines is 1. The molecule has 2 aromatic carbocycles. The van der Waals surface area contributed by atoms with Gasteiger partial charge in [0.05, 0.1) is 20.6 Å². The molecule has 0 fully saturated rings. The first-order valence-corrected chi connectivity index (χ1v) is 11.7. The van der Waals surface area contributed by atoms with Gasteiger partial charge in [-0.2, -0.15) is 0 Å². The van der Waals surface area contributed by atoms with Crippen LogP contribution in [0.5, 0.6) is 5.75 Å². The number of aliphatic carboxylic acids is 1. The molecule has 33 heavy (non-hydrogen) atoms. The first kappa shape index (κ1) is 23.3. The van der Waals surface area contributed by atoms with E-state index in [-0.39, 0.29) is 21.2 Å². The van der Waals surface area contributed by atoms with Crippen LogP contribution in [0.15, 0.2) is 35.9 Å². The number of amides is 1. The monoisotopic (exact) mass is 502 g/mol. The number of fused-ring (bicyclic) bond motifs is 3. The largest absolute Gasteiger partial charge is 0.487 e. The lowest BCUT2D eigenvalue weighted by atomic mass is 9.96. The van der Waals surface area contributed by atoms with E-state index >= 15 is 0 Å². The van der Waals surface area contributed by atoms with Gasteiger partial charge < -0.3 is 9.84 Å². The Morgan fingerprint density at radius 3 is 2.58 bits per heavy atom. The summed E-state index contributed by atoms with van der Waals surface area (Å²) in [5.41, 5.74) is 3.49. The van der Waals surface area contributed by atoms with Crippen LogP contribution in [-0.4, -0.2) is 22.0 Å². The van der Waals surface area contributed by atoms with Gasteiger partial charge in [-0.25, -0.2) is 9.78 Å². The highest BCUT2D eigenvalue weighted by atomic mass is 35.5. The maximum atomic E-state index is 12.9. The standard InChI is InChI=1S/C24H20Cl2N2O4S/c1-11(2)14-5-4-6-15-20-19(10-32-21(14)15)33-24(27-20)28-22(29)13-8-17(25)16(18(26)9-13)7-12(3)23(30)31/h4-9,11H,10H2,1-3H3,(H,30,31)(H,27,28,29)/b12-7+. The van der Waals surface area contributed by atoms with Gasteiger partial charge in [-0.1, -0.05) is 60.5 Å². The molecule has 1 amide bonds. The van der Waals surface area contributed by atoms with E-state index in [4.69, 9.17) is 33.0 Å². The predicted octanol–water partition coefficient (Wildman–Crippen LogP) is 6.87. The van der Waals surface area contributed by atoms with E-state index in [1.807, 2.05) is 18.2 Å². The molecule has 0 bridgehead atoms. The number of carboxylic acid groups (broad SMARTS) is 1. The molecule has 0 saturated carbocycles. The molecule has 0 unspecified atom stereocenters. The SMILES string of the molecule is C/C(=C\c1c(Cl)cc(C(=O)Nc2nc3c(s2)COc2c-3cccc2C(C)C)cc1Cl)C(=O)O. The summed E-state index contributed by atoms with van der Waals surface area (Å²) in [6.07, 6.45) is 1.37. The normalized spacial score (nSPS) is 12.7. The summed E-state index contributed by atoms with van der Waals surface area (Å²) >= 11 is 13.9. The van der Waals surface area contributed by atoms with Crippen molar-refractivity contribution in [3.05, 3.63) is 67.5 Å². The molecular weight excluding hydrogens is 483 g/mol. The summed E-state index contributed by atoms with van der Waals surface area (Å²) in [5, 5.41) is 12.7. The molecule has 2 heterocycles. The fourth-order valence-corrected chi connectivity index (χ4v) is 4.99. The number of hydrogen-bond donors (Lipinski definition) is 2. The number of carbonyl (C=O) groups is 2. The van der Waals surface area contributed by atoms with Crippen LogP contribution in [0.25, 0.3) is 17.3 Å². The first-order chi connectivity index (χ1) is 15.7. The number of nitrogens with one attached hydrogen (secondary N) is 1. The van der Waals surface area contributed by atoms with Crippen LogP contribution in [0, 0.1) is 0 Å². The van der Waals surface area contributed by atoms with Crippen molar-refractivity contribution in [2.75, 3.05) is 5.32 Å². The molecule has 0 aliphatic carbocycles. The highest BCUT2D eigenvalue weighted by Crippen LogP contribution is 2.44. The smallest absolute Gasteiger partial charge is 0.331 e. The van der Waals surface area contributed by atoms with Crippen molar-refractivity contribution in [2.24, 2.45) is 0 Å². The molecule has 170 valence electrons. The minimum absolute atomic E-state index is 0.0764. The third-order valence-corrected chi connectivity index (χ3v) is 6.80. The van der Waals surface area contributed by atoms with Gasteiger partial charge in [0.25, 0.3) is 5.91 Å². The first-order valence-electron chi connectivity index (χ1n) is 10.1. The Kier molecular flexibility index (Phi) is 6.47. The third kappa shape index (κ3) is 4.62. The van der Waals surface area contributed by atoms with Gasteiger partial charge in [0, 0.05) is 22.3 Å². The summed E-state index contributed by atoms with van der Waals surface area (Å²) in [5.74, 6) is -0.358. The molecule has 3 aromatic rings. The minimum atomic E-state index is -1.08. The maximum absolute atomic E-state index is 12.9. The highest BCUT2D eigenvalue weighted by Gasteiger charge is 2.25. The van der Waals surface area contributed by atoms with Crippen LogP contribution in [0.4, 0.5) is 5.13 Å². The Morgan fingerprint density at radius 1 is 1.24 bits per heavy atom. The van der Waals surface area contributed by atoms with E-state index in [1.165, 1.54) is 36.5 Å². The van der Waals surface area contributed by atoms with Gasteiger partial charge in [-0.05, 0) is 42.7 Å². The zero-order chi connectivity index (χ0) is 23.9. The van der Waals surface area contributed by atoms with E-state index in [9.17, 15) is 9.59 Å². The number of benzene rings is 2. The van der Waals surface area contributed by atoms with Crippen molar-refractivity contribution < 1.29 is 19.4 Å². The predicted molar refractivity (Wildman–Crippen MR) is 132 cm³/mol. The van der Waals surface area contributed by atoms with Crippen LogP contribution in [0.3, 0.4) is 0 Å². The number of aromatic nitrogens is 1. The molecule has 0 saturated heterocycles. The average Bonchev–Trinajstić information content (AvgIpc) is 3.18. The van der Waals surface area contributed by atoms with Crippen molar-refractivity contribution in [2.45, 2.75) is 33.3 Å². The second-order valence-corrected chi connectivity index (χ2v) is 9.80. The number of thiazole rings is 1. The summed E-state index contributed by atoms with van der Waals surface area (Å²) in [7, 11) is 0. The average molecular weight is 503 g/mol. The molecule has 1 aliphatic rings. The molecule has 2 N–H and O–H groups in total. The van der Waals surface area contributed by atoms with Crippen LogP contribution >= 0.6 is 34.5 Å². The zero-order valence-electron chi connectivity index (χ0n) is 18.0. The van der Waals surface area contributed by atoms with Gasteiger partial charge in [-0.15, -0.1) is 0 Å². The van der Waals surface area contributed by atoms with Crippen LogP contribution in [-0.2, 0) is 11.4 Å². The van der Waals surface area contributed by atoms with E-state index in [0.29, 0.717) is 23.2 Å². The number of rotatable bonds is 5. The lowest BCUT2D eigenvalue weighted by molar-refractivity contribution is -0.132. The van der Waals surface area contributed by atoms with Crippen LogP contribution < -0.4 is 10.1 Å². The fraction of sp³-hybridized carbons (Fsp3) is 0.208. The molecule has 0 spiro atoms. The molecule has 4 rings (SSSR count). The van der Waals surface area contributed by atoms with Crippen molar-refractivity contribution in [1.82, 2.24) is 4.98 Å². The van der Waals surface area contributed by atoms with Crippen molar-refractivity contribution in [3.63, 3.8) is 0 Å². The van der Waals surface area contributed by atoms with E-state index in [0.717, 1.165) is 27.4 Å². The van der Waals surface area contributed by atoms with E-state index in [1.54, 1.807) is 0 Å². The summed E-state index contributed by atoms with van der Waals surface area (Å²) in [4.78, 5) is 29.5. The van der Waals surface area contributed by atoms with Crippen molar-refractivity contribution >= 4 is 57.6 Å². The second-order valence-electron chi connectivity index (χ2n) is 7.90. The minimum Gasteiger partial charge on any atom is -0.487 e. The van der Waals surface area contributed by atoms with E-state index in [2.05, 4.69) is 24.1 Å². The Morgan fingerprint density at radius 2 is 1.94 bits per heavy atom. The topological polar surface area (TPSA) is 88.5 Å². The Hall–Kier alpha value is -2.87. The van der Waals surface area contributed by atoms with Gasteiger partial charge >= 0.3 is 5.97 Å². The highest BCUT2D eigenvalue weighted by molar-refractivity contribution is 7.16. The van der Waals surface area contributed by atoms with Gasteiger partial charge in [0.15, 0.2) is 5.13 Å². The Bertz CT molecular complexity index is 1290. The second kappa shape index (κ2) is 9.17. The molecular formula is C24H20Cl2N2O4S. The summed E-state index contributed by atoms with van der Waals surface area (Å²) < 4.78 is 6.01.